The molecule has 1 saturated heterocycles. The van der Waals surface area contributed by atoms with E-state index >= 15 is 0 Å². The highest BCUT2D eigenvalue weighted by Crippen LogP contribution is 2.48. The SMILES string of the molecule is CC(C)(CNC(=O)C1(c2ccc(Cl)cc2)CC1)N1CCOCC1. The maximum Gasteiger partial charge on any atom is 0.230 e. The van der Waals surface area contributed by atoms with Gasteiger partial charge in [0.1, 0.15) is 0 Å². The molecule has 1 saturated carbocycles. The van der Waals surface area contributed by atoms with Crippen LogP contribution in [0, 0.1) is 0 Å². The standard InChI is InChI=1S/C18H25ClN2O2/c1-17(2,21-9-11-23-12-10-21)13-20-16(22)18(7-8-18)14-3-5-15(19)6-4-14/h3-6H,7-13H2,1-2H3,(H,20,22). The maximum atomic E-state index is 12.8. The summed E-state index contributed by atoms with van der Waals surface area (Å²) in [6.45, 7) is 8.40. The first-order chi connectivity index (χ1) is 10.9. The van der Waals surface area contributed by atoms with Crippen LogP contribution in [0.3, 0.4) is 0 Å². The van der Waals surface area contributed by atoms with E-state index in [1.807, 2.05) is 24.3 Å². The van der Waals surface area contributed by atoms with E-state index in [4.69, 9.17) is 16.3 Å². The van der Waals surface area contributed by atoms with Gasteiger partial charge in [0.15, 0.2) is 0 Å². The molecule has 2 fully saturated rings. The fraction of sp³-hybridized carbons (Fsp3) is 0.611. The van der Waals surface area contributed by atoms with Crippen LogP contribution in [-0.4, -0.2) is 49.2 Å². The van der Waals surface area contributed by atoms with Crippen LogP contribution in [0.1, 0.15) is 32.3 Å². The van der Waals surface area contributed by atoms with Gasteiger partial charge in [-0.05, 0) is 44.4 Å². The molecule has 0 bridgehead atoms. The van der Waals surface area contributed by atoms with Crippen molar-refractivity contribution in [2.24, 2.45) is 0 Å². The molecule has 0 atom stereocenters. The fourth-order valence-corrected chi connectivity index (χ4v) is 3.41. The van der Waals surface area contributed by atoms with E-state index in [-0.39, 0.29) is 16.9 Å². The minimum atomic E-state index is -0.342. The number of carbonyl (C=O) groups is 1. The lowest BCUT2D eigenvalue weighted by Crippen LogP contribution is -2.56. The van der Waals surface area contributed by atoms with Gasteiger partial charge in [0.05, 0.1) is 18.6 Å². The number of amides is 1. The zero-order valence-corrected chi connectivity index (χ0v) is 14.7. The van der Waals surface area contributed by atoms with Crippen LogP contribution >= 0.6 is 11.6 Å². The average Bonchev–Trinajstić information content (AvgIpc) is 3.36. The largest absolute Gasteiger partial charge is 0.379 e. The van der Waals surface area contributed by atoms with Crippen LogP contribution in [0.2, 0.25) is 5.02 Å². The molecule has 5 heteroatoms. The van der Waals surface area contributed by atoms with Crippen molar-refractivity contribution in [1.29, 1.82) is 0 Å². The number of ether oxygens (including phenoxy) is 1. The quantitative estimate of drug-likeness (QED) is 0.898. The van der Waals surface area contributed by atoms with Gasteiger partial charge in [0.2, 0.25) is 5.91 Å². The third-order valence-corrected chi connectivity index (χ3v) is 5.38. The first-order valence-electron chi connectivity index (χ1n) is 8.31. The molecule has 0 unspecified atom stereocenters. The molecule has 126 valence electrons. The van der Waals surface area contributed by atoms with Crippen LogP contribution in [0.5, 0.6) is 0 Å². The monoisotopic (exact) mass is 336 g/mol. The Morgan fingerprint density at radius 2 is 1.87 bits per heavy atom. The Labute approximate surface area is 143 Å². The third-order valence-electron chi connectivity index (χ3n) is 5.13. The predicted octanol–water partition coefficient (Wildman–Crippen LogP) is 2.60. The van der Waals surface area contributed by atoms with Gasteiger partial charge in [0.25, 0.3) is 0 Å². The molecule has 1 heterocycles. The van der Waals surface area contributed by atoms with E-state index in [0.717, 1.165) is 44.7 Å². The molecule has 1 aromatic rings. The van der Waals surface area contributed by atoms with Crippen LogP contribution < -0.4 is 5.32 Å². The number of rotatable bonds is 5. The van der Waals surface area contributed by atoms with Gasteiger partial charge in [-0.1, -0.05) is 23.7 Å². The Hall–Kier alpha value is -1.10. The molecule has 2 aliphatic rings. The molecule has 3 rings (SSSR count). The summed E-state index contributed by atoms with van der Waals surface area (Å²) >= 11 is 5.95. The summed E-state index contributed by atoms with van der Waals surface area (Å²) in [5.74, 6) is 0.140. The zero-order chi connectivity index (χ0) is 16.5. The summed E-state index contributed by atoms with van der Waals surface area (Å²) < 4.78 is 5.41. The second-order valence-electron chi connectivity index (χ2n) is 7.18. The molecule has 1 amide bonds. The second kappa shape index (κ2) is 6.42. The molecule has 1 aliphatic heterocycles. The summed E-state index contributed by atoms with van der Waals surface area (Å²) in [5.41, 5.74) is 0.671. The van der Waals surface area contributed by atoms with Gasteiger partial charge in [-0.3, -0.25) is 9.69 Å². The van der Waals surface area contributed by atoms with Crippen molar-refractivity contribution in [2.75, 3.05) is 32.8 Å². The molecule has 23 heavy (non-hydrogen) atoms. The number of carbonyl (C=O) groups excluding carboxylic acids is 1. The topological polar surface area (TPSA) is 41.6 Å². The highest BCUT2D eigenvalue weighted by molar-refractivity contribution is 6.30. The first-order valence-corrected chi connectivity index (χ1v) is 8.69. The number of halogens is 1. The summed E-state index contributed by atoms with van der Waals surface area (Å²) in [5, 5.41) is 3.89. The number of benzene rings is 1. The zero-order valence-electron chi connectivity index (χ0n) is 13.9. The van der Waals surface area contributed by atoms with Crippen molar-refractivity contribution in [3.8, 4) is 0 Å². The normalized spacial score (nSPS) is 21.0. The van der Waals surface area contributed by atoms with Gasteiger partial charge in [0, 0.05) is 30.2 Å². The van der Waals surface area contributed by atoms with E-state index in [2.05, 4.69) is 24.1 Å². The smallest absolute Gasteiger partial charge is 0.230 e. The van der Waals surface area contributed by atoms with E-state index in [1.54, 1.807) is 0 Å². The summed E-state index contributed by atoms with van der Waals surface area (Å²) in [6, 6.07) is 7.67. The molecule has 0 spiro atoms. The number of morpholine rings is 1. The summed E-state index contributed by atoms with van der Waals surface area (Å²) in [7, 11) is 0. The van der Waals surface area contributed by atoms with Gasteiger partial charge >= 0.3 is 0 Å². The lowest BCUT2D eigenvalue weighted by molar-refractivity contribution is -0.124. The predicted molar refractivity (Wildman–Crippen MR) is 91.8 cm³/mol. The van der Waals surface area contributed by atoms with Crippen LogP contribution in [0.25, 0.3) is 0 Å². The van der Waals surface area contributed by atoms with Crippen molar-refractivity contribution in [3.63, 3.8) is 0 Å². The minimum Gasteiger partial charge on any atom is -0.379 e. The Balaban J connectivity index is 1.61. The number of hydrogen-bond donors (Lipinski definition) is 1. The Kier molecular flexibility index (Phi) is 4.68. The highest BCUT2D eigenvalue weighted by Gasteiger charge is 2.51. The summed E-state index contributed by atoms with van der Waals surface area (Å²) in [4.78, 5) is 15.1. The second-order valence-corrected chi connectivity index (χ2v) is 7.62. The van der Waals surface area contributed by atoms with Crippen molar-refractivity contribution in [1.82, 2.24) is 10.2 Å². The Morgan fingerprint density at radius 3 is 2.43 bits per heavy atom. The highest BCUT2D eigenvalue weighted by atomic mass is 35.5. The maximum absolute atomic E-state index is 12.8. The van der Waals surface area contributed by atoms with E-state index < -0.39 is 0 Å². The van der Waals surface area contributed by atoms with Crippen LogP contribution in [0.15, 0.2) is 24.3 Å². The molecule has 1 N–H and O–H groups in total. The van der Waals surface area contributed by atoms with Crippen molar-refractivity contribution in [3.05, 3.63) is 34.9 Å². The summed E-state index contributed by atoms with van der Waals surface area (Å²) in [6.07, 6.45) is 1.83. The van der Waals surface area contributed by atoms with Crippen molar-refractivity contribution in [2.45, 2.75) is 37.6 Å². The van der Waals surface area contributed by atoms with Gasteiger partial charge in [-0.25, -0.2) is 0 Å². The Bertz CT molecular complexity index is 561. The van der Waals surface area contributed by atoms with E-state index in [0.29, 0.717) is 11.6 Å². The minimum absolute atomic E-state index is 0.0600. The van der Waals surface area contributed by atoms with Crippen LogP contribution in [0.4, 0.5) is 0 Å². The Morgan fingerprint density at radius 1 is 1.26 bits per heavy atom. The molecule has 1 aliphatic carbocycles. The van der Waals surface area contributed by atoms with Gasteiger partial charge < -0.3 is 10.1 Å². The van der Waals surface area contributed by atoms with Gasteiger partial charge in [-0.15, -0.1) is 0 Å². The number of nitrogens with one attached hydrogen (secondary N) is 1. The van der Waals surface area contributed by atoms with E-state index in [1.165, 1.54) is 0 Å². The molecule has 4 nitrogen and oxygen atoms in total. The molecular formula is C18H25ClN2O2. The molecule has 1 aromatic carbocycles. The molecule has 0 radical (unpaired) electrons. The average molecular weight is 337 g/mol. The van der Waals surface area contributed by atoms with Crippen LogP contribution in [-0.2, 0) is 14.9 Å². The lowest BCUT2D eigenvalue weighted by Gasteiger charge is -2.41. The van der Waals surface area contributed by atoms with Gasteiger partial charge in [-0.2, -0.15) is 0 Å². The lowest BCUT2D eigenvalue weighted by atomic mass is 9.94. The third kappa shape index (κ3) is 3.54. The number of hydrogen-bond acceptors (Lipinski definition) is 3. The van der Waals surface area contributed by atoms with Crippen molar-refractivity contribution >= 4 is 17.5 Å². The molecular weight excluding hydrogens is 312 g/mol. The number of nitrogens with zero attached hydrogens (tertiary/aromatic N) is 1. The first kappa shape index (κ1) is 16.7. The fourth-order valence-electron chi connectivity index (χ4n) is 3.29. The van der Waals surface area contributed by atoms with Crippen molar-refractivity contribution < 1.29 is 9.53 Å². The van der Waals surface area contributed by atoms with E-state index in [9.17, 15) is 4.79 Å². The molecule has 0 aromatic heterocycles.